The average Bonchev–Trinajstić information content (AvgIpc) is 2.44. The Hall–Kier alpha value is -1.23. The summed E-state index contributed by atoms with van der Waals surface area (Å²) in [6, 6.07) is 5.72. The van der Waals surface area contributed by atoms with Gasteiger partial charge >= 0.3 is 0 Å². The highest BCUT2D eigenvalue weighted by Gasteiger charge is 2.10. The van der Waals surface area contributed by atoms with Crippen molar-refractivity contribution in [2.75, 3.05) is 19.5 Å². The van der Waals surface area contributed by atoms with Crippen molar-refractivity contribution in [1.82, 2.24) is 5.32 Å². The van der Waals surface area contributed by atoms with Gasteiger partial charge in [0.15, 0.2) is 11.5 Å². The van der Waals surface area contributed by atoms with Gasteiger partial charge in [0, 0.05) is 11.4 Å². The fourth-order valence-corrected chi connectivity index (χ4v) is 2.28. The molecule has 0 radical (unpaired) electrons. The third-order valence-electron chi connectivity index (χ3n) is 2.99. The lowest BCUT2D eigenvalue weighted by Crippen LogP contribution is -2.33. The minimum absolute atomic E-state index is 0.0271. The highest BCUT2D eigenvalue weighted by molar-refractivity contribution is 9.09. The number of benzene rings is 1. The van der Waals surface area contributed by atoms with Crippen LogP contribution in [0.5, 0.6) is 11.5 Å². The maximum atomic E-state index is 11.9. The monoisotopic (exact) mass is 343 g/mol. The van der Waals surface area contributed by atoms with Gasteiger partial charge in [0.1, 0.15) is 0 Å². The number of hydrogen-bond acceptors (Lipinski definition) is 3. The van der Waals surface area contributed by atoms with E-state index in [2.05, 4.69) is 21.2 Å². The third-order valence-corrected chi connectivity index (χ3v) is 3.55. The molecule has 1 N–H and O–H groups in total. The van der Waals surface area contributed by atoms with Crippen molar-refractivity contribution < 1.29 is 14.3 Å². The third kappa shape index (κ3) is 5.41. The Morgan fingerprint density at radius 1 is 1.30 bits per heavy atom. The van der Waals surface area contributed by atoms with Crippen LogP contribution in [-0.4, -0.2) is 31.5 Å². The summed E-state index contributed by atoms with van der Waals surface area (Å²) in [4.78, 5) is 11.9. The molecule has 0 saturated carbocycles. The summed E-state index contributed by atoms with van der Waals surface area (Å²) in [5.41, 5.74) is 0.910. The van der Waals surface area contributed by atoms with E-state index in [4.69, 9.17) is 9.47 Å². The second kappa shape index (κ2) is 8.84. The van der Waals surface area contributed by atoms with Gasteiger partial charge in [-0.05, 0) is 37.5 Å². The number of rotatable bonds is 8. The first-order chi connectivity index (χ1) is 9.60. The van der Waals surface area contributed by atoms with Crippen LogP contribution in [0, 0.1) is 0 Å². The first-order valence-electron chi connectivity index (χ1n) is 6.67. The summed E-state index contributed by atoms with van der Waals surface area (Å²) in [7, 11) is 3.18. The summed E-state index contributed by atoms with van der Waals surface area (Å²) in [6.45, 7) is 2.02. The van der Waals surface area contributed by atoms with E-state index in [9.17, 15) is 4.79 Å². The Kier molecular flexibility index (Phi) is 7.44. The molecule has 1 atom stereocenters. The Bertz CT molecular complexity index is 437. The molecule has 0 aliphatic heterocycles. The van der Waals surface area contributed by atoms with E-state index in [1.807, 2.05) is 25.1 Å². The van der Waals surface area contributed by atoms with E-state index < -0.39 is 0 Å². The summed E-state index contributed by atoms with van der Waals surface area (Å²) in [6.07, 6.45) is 2.37. The molecule has 0 aliphatic rings. The number of halogens is 1. The maximum absolute atomic E-state index is 11.9. The molecule has 0 fully saturated rings. The standard InChI is InChI=1S/C15H22BrNO3/c1-11(5-4-8-16)17-15(18)10-12-6-7-13(19-2)14(9-12)20-3/h6-7,9,11H,4-5,8,10H2,1-3H3,(H,17,18). The van der Waals surface area contributed by atoms with Crippen molar-refractivity contribution in [2.45, 2.75) is 32.2 Å². The lowest BCUT2D eigenvalue weighted by molar-refractivity contribution is -0.121. The fourth-order valence-electron chi connectivity index (χ4n) is 1.96. The summed E-state index contributed by atoms with van der Waals surface area (Å²) < 4.78 is 10.4. The average molecular weight is 344 g/mol. The molecule has 1 aromatic carbocycles. The number of nitrogens with one attached hydrogen (secondary N) is 1. The van der Waals surface area contributed by atoms with Gasteiger partial charge in [-0.2, -0.15) is 0 Å². The molecule has 1 unspecified atom stereocenters. The number of ether oxygens (including phenoxy) is 2. The molecular weight excluding hydrogens is 322 g/mol. The van der Waals surface area contributed by atoms with Crippen LogP contribution in [0.1, 0.15) is 25.3 Å². The van der Waals surface area contributed by atoms with Gasteiger partial charge in [-0.3, -0.25) is 4.79 Å². The zero-order valence-electron chi connectivity index (χ0n) is 12.2. The van der Waals surface area contributed by atoms with Gasteiger partial charge in [0.25, 0.3) is 0 Å². The molecule has 1 rings (SSSR count). The molecule has 0 aliphatic carbocycles. The normalized spacial score (nSPS) is 11.8. The van der Waals surface area contributed by atoms with Crippen LogP contribution in [0.4, 0.5) is 0 Å². The van der Waals surface area contributed by atoms with Crippen LogP contribution in [0.25, 0.3) is 0 Å². The van der Waals surface area contributed by atoms with Gasteiger partial charge in [-0.15, -0.1) is 0 Å². The van der Waals surface area contributed by atoms with Crippen LogP contribution in [0.15, 0.2) is 18.2 Å². The second-order valence-electron chi connectivity index (χ2n) is 4.67. The van der Waals surface area contributed by atoms with Crippen molar-refractivity contribution >= 4 is 21.8 Å². The number of hydrogen-bond donors (Lipinski definition) is 1. The van der Waals surface area contributed by atoms with Crippen molar-refractivity contribution in [1.29, 1.82) is 0 Å². The maximum Gasteiger partial charge on any atom is 0.224 e. The van der Waals surface area contributed by atoms with Crippen LogP contribution < -0.4 is 14.8 Å². The van der Waals surface area contributed by atoms with Crippen LogP contribution in [-0.2, 0) is 11.2 Å². The topological polar surface area (TPSA) is 47.6 Å². The van der Waals surface area contributed by atoms with E-state index in [0.717, 1.165) is 23.7 Å². The highest BCUT2D eigenvalue weighted by Crippen LogP contribution is 2.27. The molecule has 1 amide bonds. The SMILES string of the molecule is COc1ccc(CC(=O)NC(C)CCCBr)cc1OC. The zero-order chi connectivity index (χ0) is 15.0. The molecule has 0 saturated heterocycles. The molecule has 112 valence electrons. The lowest BCUT2D eigenvalue weighted by atomic mass is 10.1. The Balaban J connectivity index is 2.57. The van der Waals surface area contributed by atoms with E-state index in [-0.39, 0.29) is 11.9 Å². The number of carbonyl (C=O) groups excluding carboxylic acids is 1. The van der Waals surface area contributed by atoms with Crippen LogP contribution in [0.2, 0.25) is 0 Å². The Labute approximate surface area is 129 Å². The molecule has 5 heteroatoms. The van der Waals surface area contributed by atoms with Gasteiger partial charge in [0.05, 0.1) is 20.6 Å². The predicted molar refractivity (Wildman–Crippen MR) is 83.9 cm³/mol. The molecule has 20 heavy (non-hydrogen) atoms. The smallest absolute Gasteiger partial charge is 0.224 e. The second-order valence-corrected chi connectivity index (χ2v) is 5.46. The van der Waals surface area contributed by atoms with Crippen LogP contribution >= 0.6 is 15.9 Å². The van der Waals surface area contributed by atoms with Gasteiger partial charge in [0.2, 0.25) is 5.91 Å². The largest absolute Gasteiger partial charge is 0.493 e. The minimum atomic E-state index is 0.0271. The Morgan fingerprint density at radius 3 is 2.60 bits per heavy atom. The highest BCUT2D eigenvalue weighted by atomic mass is 79.9. The van der Waals surface area contributed by atoms with E-state index >= 15 is 0 Å². The fraction of sp³-hybridized carbons (Fsp3) is 0.533. The Morgan fingerprint density at radius 2 is 2.00 bits per heavy atom. The quantitative estimate of drug-likeness (QED) is 0.738. The van der Waals surface area contributed by atoms with Gasteiger partial charge in [-0.25, -0.2) is 0 Å². The van der Waals surface area contributed by atoms with Crippen molar-refractivity contribution in [2.24, 2.45) is 0 Å². The molecule has 0 spiro atoms. The van der Waals surface area contributed by atoms with Gasteiger partial charge < -0.3 is 14.8 Å². The minimum Gasteiger partial charge on any atom is -0.493 e. The number of carbonyl (C=O) groups is 1. The zero-order valence-corrected chi connectivity index (χ0v) is 13.8. The number of amides is 1. The van der Waals surface area contributed by atoms with Crippen molar-refractivity contribution in [3.05, 3.63) is 23.8 Å². The van der Waals surface area contributed by atoms with E-state index in [1.165, 1.54) is 0 Å². The van der Waals surface area contributed by atoms with Crippen molar-refractivity contribution in [3.8, 4) is 11.5 Å². The molecule has 4 nitrogen and oxygen atoms in total. The van der Waals surface area contributed by atoms with E-state index in [0.29, 0.717) is 17.9 Å². The number of alkyl halides is 1. The molecule has 1 aromatic rings. The predicted octanol–water partition coefficient (Wildman–Crippen LogP) is 2.93. The number of methoxy groups -OCH3 is 2. The summed E-state index contributed by atoms with van der Waals surface area (Å²) >= 11 is 3.39. The first kappa shape index (κ1) is 16.8. The summed E-state index contributed by atoms with van der Waals surface area (Å²) in [5, 5.41) is 3.96. The van der Waals surface area contributed by atoms with E-state index in [1.54, 1.807) is 14.2 Å². The molecular formula is C15H22BrNO3. The van der Waals surface area contributed by atoms with Crippen LogP contribution in [0.3, 0.4) is 0 Å². The lowest BCUT2D eigenvalue weighted by Gasteiger charge is -2.14. The molecule has 0 aromatic heterocycles. The summed E-state index contributed by atoms with van der Waals surface area (Å²) in [5.74, 6) is 1.34. The molecule has 0 bridgehead atoms. The van der Waals surface area contributed by atoms with Gasteiger partial charge in [-0.1, -0.05) is 22.0 Å². The first-order valence-corrected chi connectivity index (χ1v) is 7.79. The molecule has 0 heterocycles. The van der Waals surface area contributed by atoms with Crippen molar-refractivity contribution in [3.63, 3.8) is 0 Å².